The van der Waals surface area contributed by atoms with E-state index in [4.69, 9.17) is 0 Å². The van der Waals surface area contributed by atoms with Crippen molar-refractivity contribution >= 4 is 16.8 Å². The van der Waals surface area contributed by atoms with E-state index in [0.29, 0.717) is 18.1 Å². The number of hydrogen-bond acceptors (Lipinski definition) is 4. The van der Waals surface area contributed by atoms with Gasteiger partial charge in [0.1, 0.15) is 12.2 Å². The van der Waals surface area contributed by atoms with Gasteiger partial charge in [-0.05, 0) is 18.9 Å². The zero-order valence-electron chi connectivity index (χ0n) is 15.1. The Morgan fingerprint density at radius 1 is 1.38 bits per heavy atom. The van der Waals surface area contributed by atoms with Gasteiger partial charge in [-0.3, -0.25) is 9.20 Å². The summed E-state index contributed by atoms with van der Waals surface area (Å²) in [6.07, 6.45) is 3.53. The topological polar surface area (TPSA) is 84.2 Å². The van der Waals surface area contributed by atoms with Crippen molar-refractivity contribution in [2.75, 3.05) is 18.8 Å². The number of rotatable bonds is 7. The van der Waals surface area contributed by atoms with E-state index in [9.17, 15) is 4.21 Å². The summed E-state index contributed by atoms with van der Waals surface area (Å²) in [5, 5.41) is 11.0. The van der Waals surface area contributed by atoms with Crippen LogP contribution in [0.2, 0.25) is 0 Å². The minimum absolute atomic E-state index is 0.275. The zero-order valence-corrected chi connectivity index (χ0v) is 15.9. The minimum Gasteiger partial charge on any atom is -0.357 e. The van der Waals surface area contributed by atoms with Crippen LogP contribution in [0, 0.1) is 0 Å². The first-order chi connectivity index (χ1) is 12.7. The highest BCUT2D eigenvalue weighted by Crippen LogP contribution is 2.11. The van der Waals surface area contributed by atoms with Crippen LogP contribution in [0.1, 0.15) is 24.7 Å². The van der Waals surface area contributed by atoms with E-state index >= 15 is 0 Å². The molecule has 2 heterocycles. The molecule has 2 atom stereocenters. The van der Waals surface area contributed by atoms with Crippen LogP contribution in [-0.4, -0.2) is 49.8 Å². The fourth-order valence-corrected chi connectivity index (χ4v) is 3.96. The Hall–Kier alpha value is -2.22. The lowest BCUT2D eigenvalue weighted by Crippen LogP contribution is -2.47. The van der Waals surface area contributed by atoms with Crippen molar-refractivity contribution in [3.8, 4) is 0 Å². The molecule has 0 amide bonds. The van der Waals surface area contributed by atoms with Gasteiger partial charge < -0.3 is 10.6 Å². The maximum absolute atomic E-state index is 12.2. The second-order valence-electron chi connectivity index (χ2n) is 6.27. The lowest BCUT2D eigenvalue weighted by Gasteiger charge is -2.25. The number of nitrogens with zero attached hydrogens (tertiary/aromatic N) is 4. The van der Waals surface area contributed by atoms with Crippen LogP contribution in [0.3, 0.4) is 0 Å². The van der Waals surface area contributed by atoms with Crippen molar-refractivity contribution < 1.29 is 4.21 Å². The van der Waals surface area contributed by atoms with E-state index in [1.165, 1.54) is 0 Å². The lowest BCUT2D eigenvalue weighted by atomic mass is 10.1. The number of aromatic nitrogens is 3. The Labute approximate surface area is 156 Å². The standard InChI is InChI=1S/C18H26N6OS/c1-2-19-18(23-16-8-9-17-21-14-22-24(17)12-16)20-10-11-26(25)13-15-6-4-3-5-7-15/h3-7,14,16H,2,8-13H2,1H3,(H2,19,20,23). The highest BCUT2D eigenvalue weighted by molar-refractivity contribution is 7.84. The molecule has 2 aromatic rings. The van der Waals surface area contributed by atoms with Gasteiger partial charge in [0.25, 0.3) is 0 Å². The smallest absolute Gasteiger partial charge is 0.191 e. The van der Waals surface area contributed by atoms with Crippen LogP contribution in [0.25, 0.3) is 0 Å². The SMILES string of the molecule is CCNC(=NCCS(=O)Cc1ccccc1)NC1CCc2ncnn2C1. The van der Waals surface area contributed by atoms with E-state index in [1.807, 2.05) is 41.9 Å². The van der Waals surface area contributed by atoms with Gasteiger partial charge in [-0.15, -0.1) is 0 Å². The molecule has 2 unspecified atom stereocenters. The van der Waals surface area contributed by atoms with Gasteiger partial charge >= 0.3 is 0 Å². The van der Waals surface area contributed by atoms with Crippen LogP contribution in [0.5, 0.6) is 0 Å². The van der Waals surface area contributed by atoms with Crippen molar-refractivity contribution in [2.24, 2.45) is 4.99 Å². The molecule has 140 valence electrons. The molecule has 26 heavy (non-hydrogen) atoms. The first-order valence-electron chi connectivity index (χ1n) is 9.05. The Balaban J connectivity index is 1.48. The number of benzene rings is 1. The number of hydrogen-bond donors (Lipinski definition) is 2. The molecule has 3 rings (SSSR count). The summed E-state index contributed by atoms with van der Waals surface area (Å²) in [6.45, 7) is 4.16. The zero-order chi connectivity index (χ0) is 18.2. The molecule has 2 N–H and O–H groups in total. The first-order valence-corrected chi connectivity index (χ1v) is 10.5. The molecule has 1 aromatic carbocycles. The summed E-state index contributed by atoms with van der Waals surface area (Å²) in [7, 11) is -0.907. The molecule has 0 saturated carbocycles. The summed E-state index contributed by atoms with van der Waals surface area (Å²) >= 11 is 0. The number of aliphatic imine (C=N–C) groups is 1. The molecule has 0 radical (unpaired) electrons. The second-order valence-corrected chi connectivity index (χ2v) is 7.85. The van der Waals surface area contributed by atoms with Crippen molar-refractivity contribution in [2.45, 2.75) is 38.1 Å². The molecular weight excluding hydrogens is 348 g/mol. The minimum atomic E-state index is -0.907. The average Bonchev–Trinajstić information content (AvgIpc) is 3.10. The molecule has 0 bridgehead atoms. The number of fused-ring (bicyclic) bond motifs is 1. The summed E-state index contributed by atoms with van der Waals surface area (Å²) < 4.78 is 14.2. The maximum Gasteiger partial charge on any atom is 0.191 e. The number of nitrogens with one attached hydrogen (secondary N) is 2. The molecule has 1 aliphatic rings. The van der Waals surface area contributed by atoms with Crippen LogP contribution < -0.4 is 10.6 Å². The van der Waals surface area contributed by atoms with Gasteiger partial charge in [-0.1, -0.05) is 30.3 Å². The van der Waals surface area contributed by atoms with E-state index in [-0.39, 0.29) is 6.04 Å². The van der Waals surface area contributed by atoms with Crippen LogP contribution >= 0.6 is 0 Å². The molecule has 1 aliphatic heterocycles. The maximum atomic E-state index is 12.2. The monoisotopic (exact) mass is 374 g/mol. The van der Waals surface area contributed by atoms with Gasteiger partial charge in [0, 0.05) is 41.3 Å². The van der Waals surface area contributed by atoms with E-state index in [1.54, 1.807) is 6.33 Å². The van der Waals surface area contributed by atoms with Crippen molar-refractivity contribution in [1.82, 2.24) is 25.4 Å². The molecule has 0 spiro atoms. The summed E-state index contributed by atoms with van der Waals surface area (Å²) in [6, 6.07) is 10.2. The van der Waals surface area contributed by atoms with Crippen molar-refractivity contribution in [3.05, 3.63) is 48.0 Å². The van der Waals surface area contributed by atoms with Gasteiger partial charge in [-0.2, -0.15) is 5.10 Å². The fourth-order valence-electron chi connectivity index (χ4n) is 2.96. The van der Waals surface area contributed by atoms with Crippen molar-refractivity contribution in [3.63, 3.8) is 0 Å². The molecule has 1 aromatic heterocycles. The summed E-state index contributed by atoms with van der Waals surface area (Å²) in [5.41, 5.74) is 1.10. The van der Waals surface area contributed by atoms with Gasteiger partial charge in [-0.25, -0.2) is 9.67 Å². The molecule has 7 nitrogen and oxygen atoms in total. The van der Waals surface area contributed by atoms with Crippen LogP contribution in [0.4, 0.5) is 0 Å². The third-order valence-electron chi connectivity index (χ3n) is 4.25. The van der Waals surface area contributed by atoms with Gasteiger partial charge in [0.2, 0.25) is 0 Å². The van der Waals surface area contributed by atoms with Crippen LogP contribution in [-0.2, 0) is 29.5 Å². The van der Waals surface area contributed by atoms with E-state index in [0.717, 1.165) is 43.3 Å². The highest BCUT2D eigenvalue weighted by Gasteiger charge is 2.20. The second kappa shape index (κ2) is 9.47. The molecular formula is C18H26N6OS. The predicted molar refractivity (Wildman–Crippen MR) is 104 cm³/mol. The normalized spacial score (nSPS) is 18.2. The predicted octanol–water partition coefficient (Wildman–Crippen LogP) is 1.10. The first kappa shape index (κ1) is 18.6. The van der Waals surface area contributed by atoms with Crippen molar-refractivity contribution in [1.29, 1.82) is 0 Å². The quantitative estimate of drug-likeness (QED) is 0.560. The molecule has 8 heteroatoms. The van der Waals surface area contributed by atoms with Crippen LogP contribution in [0.15, 0.2) is 41.7 Å². The average molecular weight is 375 g/mol. The highest BCUT2D eigenvalue weighted by atomic mass is 32.2. The number of aryl methyl sites for hydroxylation is 1. The molecule has 0 aliphatic carbocycles. The lowest BCUT2D eigenvalue weighted by molar-refractivity contribution is 0.393. The summed E-state index contributed by atoms with van der Waals surface area (Å²) in [4.78, 5) is 8.84. The Morgan fingerprint density at radius 2 is 2.23 bits per heavy atom. The van der Waals surface area contributed by atoms with Gasteiger partial charge in [0.05, 0.1) is 13.1 Å². The third-order valence-corrected chi connectivity index (χ3v) is 5.54. The third kappa shape index (κ3) is 5.39. The largest absolute Gasteiger partial charge is 0.357 e. The Morgan fingerprint density at radius 3 is 3.04 bits per heavy atom. The fraction of sp³-hybridized carbons (Fsp3) is 0.500. The number of guanidine groups is 1. The van der Waals surface area contributed by atoms with Gasteiger partial charge in [0.15, 0.2) is 5.96 Å². The summed E-state index contributed by atoms with van der Waals surface area (Å²) in [5.74, 6) is 2.96. The van der Waals surface area contributed by atoms with E-state index in [2.05, 4.69) is 25.7 Å². The Bertz CT molecular complexity index is 745. The Kier molecular flexibility index (Phi) is 6.76. The molecule has 0 saturated heterocycles. The van der Waals surface area contributed by atoms with E-state index < -0.39 is 10.8 Å². The molecule has 0 fully saturated rings.